The lowest BCUT2D eigenvalue weighted by molar-refractivity contribution is -0.146. The quantitative estimate of drug-likeness (QED) is 0.117. The molecule has 7 nitrogen and oxygen atoms in total. The third-order valence-corrected chi connectivity index (χ3v) is 6.59. The summed E-state index contributed by atoms with van der Waals surface area (Å²) < 4.78 is 17.8. The third kappa shape index (κ3) is 23.8. The molecule has 0 saturated heterocycles. The Bertz CT molecular complexity index is 817. The molecule has 0 heterocycles. The molecule has 1 rings (SSSR count). The number of benzene rings is 1. The molecule has 0 amide bonds. The maximum absolute atomic E-state index is 12.8. The minimum atomic E-state index is -0.225. The summed E-state index contributed by atoms with van der Waals surface area (Å²) in [6.45, 7) is 37.7. The standard InChI is InChI=1S/C37H69N3O4/c1-34(2,3)28-39(29-35(4,5)6)20-24-42-22-18-38(26-33(41)44-27-32-16-14-13-15-17-32)19-23-43-25-21-40(30-36(7,8)9)31-37(10,11)12/h13-17H,18-31H2,1-12H3. The number of hydrogen-bond acceptors (Lipinski definition) is 7. The Labute approximate surface area is 272 Å². The van der Waals surface area contributed by atoms with Crippen molar-refractivity contribution in [2.45, 2.75) is 89.7 Å². The summed E-state index contributed by atoms with van der Waals surface area (Å²) in [5.41, 5.74) is 1.93. The summed E-state index contributed by atoms with van der Waals surface area (Å²) in [6, 6.07) is 9.82. The fourth-order valence-electron chi connectivity index (χ4n) is 5.33. The fourth-order valence-corrected chi connectivity index (χ4v) is 5.33. The molecule has 0 unspecified atom stereocenters. The van der Waals surface area contributed by atoms with Gasteiger partial charge in [0.25, 0.3) is 0 Å². The smallest absolute Gasteiger partial charge is 0.320 e. The first-order valence-corrected chi connectivity index (χ1v) is 16.7. The molecule has 0 aliphatic rings. The predicted molar refractivity (Wildman–Crippen MR) is 185 cm³/mol. The molecule has 0 radical (unpaired) electrons. The Kier molecular flexibility index (Phi) is 17.7. The molecule has 256 valence electrons. The number of hydrogen-bond donors (Lipinski definition) is 0. The Morgan fingerprint density at radius 2 is 0.886 bits per heavy atom. The van der Waals surface area contributed by atoms with Crippen LogP contribution in [0.3, 0.4) is 0 Å². The molecule has 0 spiro atoms. The van der Waals surface area contributed by atoms with Gasteiger partial charge in [-0.15, -0.1) is 0 Å². The zero-order valence-corrected chi connectivity index (χ0v) is 30.8. The maximum atomic E-state index is 12.8. The van der Waals surface area contributed by atoms with Crippen molar-refractivity contribution < 1.29 is 19.0 Å². The van der Waals surface area contributed by atoms with E-state index in [0.29, 0.717) is 39.5 Å². The van der Waals surface area contributed by atoms with E-state index in [1.807, 2.05) is 30.3 Å². The monoisotopic (exact) mass is 620 g/mol. The number of ether oxygens (including phenoxy) is 3. The highest BCUT2D eigenvalue weighted by Crippen LogP contribution is 2.21. The van der Waals surface area contributed by atoms with Crippen molar-refractivity contribution in [1.29, 1.82) is 0 Å². The highest BCUT2D eigenvalue weighted by molar-refractivity contribution is 5.71. The predicted octanol–water partition coefficient (Wildman–Crippen LogP) is 6.85. The van der Waals surface area contributed by atoms with Crippen LogP contribution in [0, 0.1) is 21.7 Å². The molecule has 7 heteroatoms. The van der Waals surface area contributed by atoms with E-state index in [0.717, 1.165) is 44.8 Å². The van der Waals surface area contributed by atoms with Gasteiger partial charge in [-0.25, -0.2) is 0 Å². The highest BCUT2D eigenvalue weighted by Gasteiger charge is 2.23. The number of nitrogens with zero attached hydrogens (tertiary/aromatic N) is 3. The van der Waals surface area contributed by atoms with Gasteiger partial charge >= 0.3 is 5.97 Å². The van der Waals surface area contributed by atoms with Gasteiger partial charge in [-0.1, -0.05) is 113 Å². The summed E-state index contributed by atoms with van der Waals surface area (Å²) in [4.78, 5) is 19.9. The molecule has 0 saturated carbocycles. The van der Waals surface area contributed by atoms with Gasteiger partial charge in [0.1, 0.15) is 6.61 Å². The third-order valence-electron chi connectivity index (χ3n) is 6.59. The second-order valence-corrected chi connectivity index (χ2v) is 17.3. The van der Waals surface area contributed by atoms with Gasteiger partial charge in [-0.3, -0.25) is 9.69 Å². The summed E-state index contributed by atoms with van der Waals surface area (Å²) in [5, 5.41) is 0. The Balaban J connectivity index is 2.63. The number of rotatable bonds is 20. The summed E-state index contributed by atoms with van der Waals surface area (Å²) in [6.07, 6.45) is 0. The van der Waals surface area contributed by atoms with E-state index in [1.54, 1.807) is 0 Å². The lowest BCUT2D eigenvalue weighted by Gasteiger charge is -2.34. The number of esters is 1. The average Bonchev–Trinajstić information content (AvgIpc) is 2.83. The van der Waals surface area contributed by atoms with Crippen molar-refractivity contribution in [3.05, 3.63) is 35.9 Å². The van der Waals surface area contributed by atoms with Crippen LogP contribution in [0.5, 0.6) is 0 Å². The van der Waals surface area contributed by atoms with Crippen LogP contribution in [-0.2, 0) is 25.6 Å². The molecule has 0 N–H and O–H groups in total. The average molecular weight is 620 g/mol. The van der Waals surface area contributed by atoms with Crippen LogP contribution in [0.2, 0.25) is 0 Å². The van der Waals surface area contributed by atoms with Crippen molar-refractivity contribution >= 4 is 5.97 Å². The molecule has 0 aliphatic heterocycles. The van der Waals surface area contributed by atoms with E-state index in [9.17, 15) is 4.79 Å². The topological polar surface area (TPSA) is 54.5 Å². The molecule has 44 heavy (non-hydrogen) atoms. The number of carbonyl (C=O) groups excluding carboxylic acids is 1. The fraction of sp³-hybridized carbons (Fsp3) is 0.811. The lowest BCUT2D eigenvalue weighted by Crippen LogP contribution is -2.41. The van der Waals surface area contributed by atoms with Crippen LogP contribution in [0.25, 0.3) is 0 Å². The van der Waals surface area contributed by atoms with Crippen LogP contribution in [0.15, 0.2) is 30.3 Å². The molecule has 0 aromatic heterocycles. The normalized spacial score (nSPS) is 13.3. The Hall–Kier alpha value is -1.51. The van der Waals surface area contributed by atoms with E-state index in [-0.39, 0.29) is 40.8 Å². The van der Waals surface area contributed by atoms with Gasteiger partial charge in [-0.2, -0.15) is 0 Å². The van der Waals surface area contributed by atoms with Crippen LogP contribution < -0.4 is 0 Å². The summed E-state index contributed by atoms with van der Waals surface area (Å²) in [5.74, 6) is -0.225. The molecule has 1 aromatic rings. The largest absolute Gasteiger partial charge is 0.460 e. The second kappa shape index (κ2) is 19.2. The Morgan fingerprint density at radius 3 is 1.23 bits per heavy atom. The molecule has 1 aromatic carbocycles. The summed E-state index contributed by atoms with van der Waals surface area (Å²) in [7, 11) is 0. The van der Waals surface area contributed by atoms with E-state index in [4.69, 9.17) is 14.2 Å². The van der Waals surface area contributed by atoms with Crippen LogP contribution >= 0.6 is 0 Å². The second-order valence-electron chi connectivity index (χ2n) is 17.3. The van der Waals surface area contributed by atoms with Crippen LogP contribution in [-0.4, -0.2) is 106 Å². The molecular formula is C37H69N3O4. The Morgan fingerprint density at radius 1 is 0.545 bits per heavy atom. The van der Waals surface area contributed by atoms with Gasteiger partial charge in [0.05, 0.1) is 33.0 Å². The minimum absolute atomic E-state index is 0.222. The van der Waals surface area contributed by atoms with E-state index in [2.05, 4.69) is 97.8 Å². The van der Waals surface area contributed by atoms with Gasteiger partial charge in [-0.05, 0) is 27.2 Å². The van der Waals surface area contributed by atoms with Crippen molar-refractivity contribution in [2.24, 2.45) is 21.7 Å². The molecule has 0 aliphatic carbocycles. The van der Waals surface area contributed by atoms with E-state index >= 15 is 0 Å². The first-order chi connectivity index (χ1) is 20.2. The van der Waals surface area contributed by atoms with Crippen molar-refractivity contribution in [3.8, 4) is 0 Å². The SMILES string of the molecule is CC(C)(C)CN(CCOCCN(CCOCCN(CC(C)(C)C)CC(C)(C)C)CC(=O)OCc1ccccc1)CC(C)(C)C. The first-order valence-electron chi connectivity index (χ1n) is 16.7. The van der Waals surface area contributed by atoms with E-state index < -0.39 is 0 Å². The van der Waals surface area contributed by atoms with Gasteiger partial charge in [0.2, 0.25) is 0 Å². The maximum Gasteiger partial charge on any atom is 0.320 e. The first kappa shape index (κ1) is 40.5. The van der Waals surface area contributed by atoms with E-state index in [1.165, 1.54) is 0 Å². The van der Waals surface area contributed by atoms with Crippen LogP contribution in [0.4, 0.5) is 0 Å². The molecular weight excluding hydrogens is 550 g/mol. The highest BCUT2D eigenvalue weighted by atomic mass is 16.5. The van der Waals surface area contributed by atoms with Crippen molar-refractivity contribution in [2.75, 3.05) is 85.3 Å². The molecule has 0 atom stereocenters. The van der Waals surface area contributed by atoms with Crippen molar-refractivity contribution in [3.63, 3.8) is 0 Å². The zero-order valence-electron chi connectivity index (χ0n) is 30.8. The van der Waals surface area contributed by atoms with Crippen molar-refractivity contribution in [1.82, 2.24) is 14.7 Å². The summed E-state index contributed by atoms with van der Waals surface area (Å²) >= 11 is 0. The van der Waals surface area contributed by atoms with Gasteiger partial charge < -0.3 is 24.0 Å². The van der Waals surface area contributed by atoms with Gasteiger partial charge in [0, 0.05) is 52.4 Å². The van der Waals surface area contributed by atoms with Crippen LogP contribution in [0.1, 0.15) is 88.6 Å². The minimum Gasteiger partial charge on any atom is -0.460 e. The van der Waals surface area contributed by atoms with Gasteiger partial charge in [0.15, 0.2) is 0 Å². The lowest BCUT2D eigenvalue weighted by atomic mass is 9.92. The number of carbonyl (C=O) groups is 1. The zero-order chi connectivity index (χ0) is 33.4. The molecule has 0 bridgehead atoms. The molecule has 0 fully saturated rings.